The summed E-state index contributed by atoms with van der Waals surface area (Å²) in [6.45, 7) is 0. The van der Waals surface area contributed by atoms with Crippen molar-refractivity contribution in [2.45, 2.75) is 0 Å². The van der Waals surface area contributed by atoms with Crippen molar-refractivity contribution < 1.29 is 4.42 Å². The molecule has 266 valence electrons. The van der Waals surface area contributed by atoms with Crippen LogP contribution in [0.1, 0.15) is 0 Å². The van der Waals surface area contributed by atoms with E-state index in [2.05, 4.69) is 193 Å². The van der Waals surface area contributed by atoms with Crippen LogP contribution in [0.15, 0.2) is 199 Å². The molecule has 0 aliphatic carbocycles. The Bertz CT molecular complexity index is 3520. The third kappa shape index (κ3) is 5.08. The average Bonchev–Trinajstić information content (AvgIpc) is 3.96. The first-order chi connectivity index (χ1) is 28.2. The summed E-state index contributed by atoms with van der Waals surface area (Å²) in [4.78, 5) is 5.42. The van der Waals surface area contributed by atoms with E-state index in [0.717, 1.165) is 66.7 Å². The van der Waals surface area contributed by atoms with Crippen molar-refractivity contribution in [3.63, 3.8) is 0 Å². The Morgan fingerprint density at radius 3 is 1.95 bits per heavy atom. The van der Waals surface area contributed by atoms with E-state index in [4.69, 9.17) is 9.40 Å². The largest absolute Gasteiger partial charge is 0.456 e. The van der Waals surface area contributed by atoms with Crippen LogP contribution in [-0.4, -0.2) is 9.55 Å². The molecular formula is C53H32N2OS. The van der Waals surface area contributed by atoms with Gasteiger partial charge in [0.15, 0.2) is 0 Å². The third-order valence-corrected chi connectivity index (χ3v) is 12.6. The fraction of sp³-hybridized carbons (Fsp3) is 0. The van der Waals surface area contributed by atoms with E-state index < -0.39 is 0 Å². The van der Waals surface area contributed by atoms with Crippen LogP contribution >= 0.6 is 11.3 Å². The lowest BCUT2D eigenvalue weighted by molar-refractivity contribution is 0.669. The first-order valence-corrected chi connectivity index (χ1v) is 20.1. The van der Waals surface area contributed by atoms with E-state index in [-0.39, 0.29) is 0 Å². The Balaban J connectivity index is 1.06. The molecule has 0 saturated carbocycles. The van der Waals surface area contributed by atoms with Gasteiger partial charge < -0.3 is 8.98 Å². The molecular weight excluding hydrogens is 713 g/mol. The monoisotopic (exact) mass is 744 g/mol. The van der Waals surface area contributed by atoms with Crippen molar-refractivity contribution in [2.75, 3.05) is 0 Å². The van der Waals surface area contributed by atoms with Gasteiger partial charge in [0.25, 0.3) is 0 Å². The van der Waals surface area contributed by atoms with Gasteiger partial charge in [-0.2, -0.15) is 0 Å². The molecule has 0 amide bonds. The van der Waals surface area contributed by atoms with Crippen LogP contribution in [-0.2, 0) is 0 Å². The molecule has 0 atom stereocenters. The Hall–Kier alpha value is -7.27. The molecule has 4 aromatic heterocycles. The number of nitrogens with zero attached hydrogens (tertiary/aromatic N) is 2. The molecule has 8 aromatic carbocycles. The molecule has 0 saturated heterocycles. The van der Waals surface area contributed by atoms with Crippen molar-refractivity contribution in [3.8, 4) is 50.5 Å². The summed E-state index contributed by atoms with van der Waals surface area (Å²) in [5.41, 5.74) is 13.9. The second kappa shape index (κ2) is 12.6. The highest BCUT2D eigenvalue weighted by Crippen LogP contribution is 2.43. The van der Waals surface area contributed by atoms with Gasteiger partial charge in [-0.3, -0.25) is 0 Å². The van der Waals surface area contributed by atoms with Gasteiger partial charge in [0, 0.05) is 58.5 Å². The van der Waals surface area contributed by atoms with Crippen LogP contribution in [0, 0.1) is 0 Å². The molecule has 0 bridgehead atoms. The highest BCUT2D eigenvalue weighted by Gasteiger charge is 2.20. The maximum Gasteiger partial charge on any atom is 0.136 e. The number of furan rings is 1. The molecule has 3 nitrogen and oxygen atoms in total. The number of aromatic nitrogens is 2. The minimum absolute atomic E-state index is 0.902. The van der Waals surface area contributed by atoms with E-state index in [1.165, 1.54) is 47.6 Å². The molecule has 0 N–H and O–H groups in total. The molecule has 4 heterocycles. The normalized spacial score (nSPS) is 11.9. The smallest absolute Gasteiger partial charge is 0.136 e. The zero-order valence-corrected chi connectivity index (χ0v) is 31.5. The second-order valence-corrected chi connectivity index (χ2v) is 15.7. The fourth-order valence-corrected chi connectivity index (χ4v) is 10.0. The number of hydrogen-bond acceptors (Lipinski definition) is 3. The Labute approximate surface area is 332 Å². The molecule has 0 fully saturated rings. The predicted octanol–water partition coefficient (Wildman–Crippen LogP) is 15.1. The van der Waals surface area contributed by atoms with Crippen molar-refractivity contribution in [1.29, 1.82) is 0 Å². The number of pyridine rings is 1. The van der Waals surface area contributed by atoms with Crippen molar-refractivity contribution in [1.82, 2.24) is 9.55 Å². The zero-order valence-electron chi connectivity index (χ0n) is 30.7. The number of rotatable bonds is 5. The van der Waals surface area contributed by atoms with Crippen LogP contribution in [0.3, 0.4) is 0 Å². The Kier molecular flexibility index (Phi) is 7.10. The zero-order chi connectivity index (χ0) is 37.5. The van der Waals surface area contributed by atoms with Crippen LogP contribution in [0.25, 0.3) is 114 Å². The van der Waals surface area contributed by atoms with E-state index in [9.17, 15) is 0 Å². The number of hydrogen-bond donors (Lipinski definition) is 0. The van der Waals surface area contributed by atoms with Gasteiger partial charge in [-0.1, -0.05) is 140 Å². The third-order valence-electron chi connectivity index (χ3n) is 11.4. The molecule has 4 heteroatoms. The van der Waals surface area contributed by atoms with E-state index in [0.29, 0.717) is 0 Å². The minimum Gasteiger partial charge on any atom is -0.456 e. The molecule has 0 radical (unpaired) electrons. The van der Waals surface area contributed by atoms with Gasteiger partial charge in [-0.25, -0.2) is 4.98 Å². The maximum atomic E-state index is 6.35. The number of fused-ring (bicyclic) bond motifs is 10. The quantitative estimate of drug-likeness (QED) is 0.176. The lowest BCUT2D eigenvalue weighted by Gasteiger charge is -2.13. The van der Waals surface area contributed by atoms with Crippen molar-refractivity contribution >= 4 is 75.3 Å². The molecule has 12 rings (SSSR count). The summed E-state index contributed by atoms with van der Waals surface area (Å²) in [5.74, 6) is 0. The molecule has 57 heavy (non-hydrogen) atoms. The van der Waals surface area contributed by atoms with Gasteiger partial charge in [0.05, 0.1) is 22.4 Å². The van der Waals surface area contributed by atoms with E-state index >= 15 is 0 Å². The first kappa shape index (κ1) is 32.0. The van der Waals surface area contributed by atoms with Crippen LogP contribution in [0.2, 0.25) is 0 Å². The maximum absolute atomic E-state index is 6.35. The summed E-state index contributed by atoms with van der Waals surface area (Å²) < 4.78 is 11.3. The average molecular weight is 745 g/mol. The topological polar surface area (TPSA) is 31.0 Å². The minimum atomic E-state index is 0.902. The Morgan fingerprint density at radius 1 is 0.404 bits per heavy atom. The van der Waals surface area contributed by atoms with Crippen molar-refractivity contribution in [3.05, 3.63) is 194 Å². The lowest BCUT2D eigenvalue weighted by Crippen LogP contribution is -1.96. The predicted molar refractivity (Wildman–Crippen MR) is 240 cm³/mol. The van der Waals surface area contributed by atoms with Crippen LogP contribution < -0.4 is 0 Å². The number of thiophene rings is 1. The van der Waals surface area contributed by atoms with Gasteiger partial charge >= 0.3 is 0 Å². The summed E-state index contributed by atoms with van der Waals surface area (Å²) >= 11 is 1.86. The number of para-hydroxylation sites is 2. The molecule has 0 unspecified atom stereocenters. The van der Waals surface area contributed by atoms with E-state index in [1.54, 1.807) is 0 Å². The van der Waals surface area contributed by atoms with Crippen LogP contribution in [0.4, 0.5) is 0 Å². The SMILES string of the molecule is c1ccc(-c2ccc(-c3cc(-c4cccc5c4sc4ccccc45)cc(-c4cccc(-n5c6ccccc6c6c7c(ccc65)oc5ccccc57)c4)n3)cc2)cc1. The standard InChI is InChI=1S/C53H32N2OS/c1-2-12-33(13-3-1)34-24-26-35(27-25-34)44-31-37(39-19-11-20-41-40-16-6-9-23-50(40)57-53(39)41)32-45(54-44)36-14-10-15-38(30-36)55-46-21-7-4-17-42(46)51-47(55)28-29-49-52(51)43-18-5-8-22-48(43)56-49/h1-32H. The lowest BCUT2D eigenvalue weighted by atomic mass is 9.97. The summed E-state index contributed by atoms with van der Waals surface area (Å²) in [6, 6.07) is 69.5. The summed E-state index contributed by atoms with van der Waals surface area (Å²) in [5, 5.41) is 7.28. The molecule has 12 aromatic rings. The summed E-state index contributed by atoms with van der Waals surface area (Å²) in [7, 11) is 0. The molecule has 0 aliphatic heterocycles. The summed E-state index contributed by atoms with van der Waals surface area (Å²) in [6.07, 6.45) is 0. The van der Waals surface area contributed by atoms with E-state index in [1.807, 2.05) is 17.4 Å². The highest BCUT2D eigenvalue weighted by atomic mass is 32.1. The van der Waals surface area contributed by atoms with Crippen LogP contribution in [0.5, 0.6) is 0 Å². The fourth-order valence-electron chi connectivity index (χ4n) is 8.78. The second-order valence-electron chi connectivity index (χ2n) is 14.7. The van der Waals surface area contributed by atoms with Crippen molar-refractivity contribution in [2.24, 2.45) is 0 Å². The Morgan fingerprint density at radius 2 is 1.07 bits per heavy atom. The number of benzene rings is 8. The first-order valence-electron chi connectivity index (χ1n) is 19.3. The van der Waals surface area contributed by atoms with Gasteiger partial charge in [0.2, 0.25) is 0 Å². The van der Waals surface area contributed by atoms with Gasteiger partial charge in [-0.05, 0) is 76.9 Å². The van der Waals surface area contributed by atoms with Gasteiger partial charge in [-0.15, -0.1) is 11.3 Å². The highest BCUT2D eigenvalue weighted by molar-refractivity contribution is 7.26. The molecule has 0 spiro atoms. The van der Waals surface area contributed by atoms with Gasteiger partial charge in [0.1, 0.15) is 11.2 Å². The molecule has 0 aliphatic rings.